The molecule has 8 heteroatoms. The number of halogens is 1. The Labute approximate surface area is 162 Å². The molecule has 7 nitrogen and oxygen atoms in total. The summed E-state index contributed by atoms with van der Waals surface area (Å²) in [6, 6.07) is 12.3. The van der Waals surface area contributed by atoms with Crippen LogP contribution in [0.4, 0.5) is 26.5 Å². The van der Waals surface area contributed by atoms with Gasteiger partial charge in [0.1, 0.15) is 18.3 Å². The quantitative estimate of drug-likeness (QED) is 0.622. The molecule has 0 fully saturated rings. The van der Waals surface area contributed by atoms with Crippen LogP contribution in [0, 0.1) is 0 Å². The summed E-state index contributed by atoms with van der Waals surface area (Å²) in [6.45, 7) is 2.99. The van der Waals surface area contributed by atoms with Crippen LogP contribution in [0.5, 0.6) is 0 Å². The minimum Gasteiger partial charge on any atom is -0.384 e. The Bertz CT molecular complexity index is 963. The zero-order chi connectivity index (χ0) is 20.3. The molecule has 0 aliphatic heterocycles. The van der Waals surface area contributed by atoms with E-state index in [0.29, 0.717) is 23.0 Å². The molecule has 2 aromatic heterocycles. The van der Waals surface area contributed by atoms with E-state index >= 15 is 0 Å². The third kappa shape index (κ3) is 4.28. The predicted octanol–water partition coefficient (Wildman–Crippen LogP) is 3.96. The first kappa shape index (κ1) is 19.3. The molecular formula is C20H23FN6O. The summed E-state index contributed by atoms with van der Waals surface area (Å²) in [5.41, 5.74) is 8.00. The number of aryl methyl sites for hydroxylation is 1. The van der Waals surface area contributed by atoms with Crippen LogP contribution in [0.2, 0.25) is 0 Å². The van der Waals surface area contributed by atoms with Crippen LogP contribution in [0.3, 0.4) is 0 Å². The van der Waals surface area contributed by atoms with Crippen molar-refractivity contribution in [2.24, 2.45) is 7.05 Å². The van der Waals surface area contributed by atoms with Gasteiger partial charge in [0.15, 0.2) is 0 Å². The Hall–Kier alpha value is -3.42. The summed E-state index contributed by atoms with van der Waals surface area (Å²) < 4.78 is 14.7. The number of nitrogens with one attached hydrogen (secondary N) is 2. The van der Waals surface area contributed by atoms with E-state index in [1.165, 1.54) is 4.68 Å². The Kier molecular flexibility index (Phi) is 5.30. The molecule has 3 aromatic rings. The smallest absolute Gasteiger partial charge is 0.324 e. The number of pyridine rings is 1. The van der Waals surface area contributed by atoms with Crippen LogP contribution in [-0.2, 0) is 12.5 Å². The van der Waals surface area contributed by atoms with Gasteiger partial charge in [-0.25, -0.2) is 9.78 Å². The van der Waals surface area contributed by atoms with Crippen LogP contribution in [0.25, 0.3) is 11.1 Å². The van der Waals surface area contributed by atoms with Crippen molar-refractivity contribution in [1.82, 2.24) is 14.8 Å². The van der Waals surface area contributed by atoms with Crippen LogP contribution >= 0.6 is 0 Å². The number of carbonyl (C=O) groups is 1. The average molecular weight is 382 g/mol. The monoisotopic (exact) mass is 382 g/mol. The molecule has 0 spiro atoms. The molecule has 28 heavy (non-hydrogen) atoms. The van der Waals surface area contributed by atoms with Gasteiger partial charge >= 0.3 is 6.03 Å². The second kappa shape index (κ2) is 7.67. The second-order valence-electron chi connectivity index (χ2n) is 7.18. The van der Waals surface area contributed by atoms with Crippen molar-refractivity contribution in [3.63, 3.8) is 0 Å². The number of urea groups is 1. The van der Waals surface area contributed by atoms with E-state index in [1.807, 2.05) is 18.2 Å². The lowest BCUT2D eigenvalue weighted by Crippen LogP contribution is -2.20. The van der Waals surface area contributed by atoms with Gasteiger partial charge in [0.05, 0.1) is 5.69 Å². The van der Waals surface area contributed by atoms with Crippen molar-refractivity contribution in [1.29, 1.82) is 0 Å². The van der Waals surface area contributed by atoms with Gasteiger partial charge < -0.3 is 11.1 Å². The van der Waals surface area contributed by atoms with Crippen molar-refractivity contribution in [3.8, 4) is 11.1 Å². The fourth-order valence-electron chi connectivity index (χ4n) is 2.58. The highest BCUT2D eigenvalue weighted by Crippen LogP contribution is 2.25. The van der Waals surface area contributed by atoms with Crippen LogP contribution in [0.15, 0.2) is 48.7 Å². The first-order valence-electron chi connectivity index (χ1n) is 8.79. The number of nitrogens with zero attached hydrogens (tertiary/aromatic N) is 3. The number of alkyl halides is 1. The molecule has 0 saturated heterocycles. The SMILES string of the molecule is Cn1nc(C(C)(C)CF)cc1NC(=O)Nc1ccc(-c2ccc(N)nc2)cc1. The molecule has 146 valence electrons. The Balaban J connectivity index is 1.66. The van der Waals surface area contributed by atoms with Gasteiger partial charge in [-0.05, 0) is 29.8 Å². The summed E-state index contributed by atoms with van der Waals surface area (Å²) in [5, 5.41) is 9.78. The number of nitrogens with two attached hydrogens (primary N) is 1. The highest BCUT2D eigenvalue weighted by Gasteiger charge is 2.25. The zero-order valence-electron chi connectivity index (χ0n) is 16.0. The number of amides is 2. The number of anilines is 3. The third-order valence-electron chi connectivity index (χ3n) is 4.41. The topological polar surface area (TPSA) is 97.9 Å². The van der Waals surface area contributed by atoms with Gasteiger partial charge in [0.25, 0.3) is 0 Å². The maximum Gasteiger partial charge on any atom is 0.324 e. The van der Waals surface area contributed by atoms with E-state index in [0.717, 1.165) is 11.1 Å². The molecule has 1 aromatic carbocycles. The molecule has 3 rings (SSSR count). The molecule has 0 unspecified atom stereocenters. The summed E-state index contributed by atoms with van der Waals surface area (Å²) in [6.07, 6.45) is 1.70. The number of carbonyl (C=O) groups excluding carboxylic acids is 1. The summed E-state index contributed by atoms with van der Waals surface area (Å²) in [7, 11) is 1.70. The Morgan fingerprint density at radius 3 is 2.43 bits per heavy atom. The molecule has 0 aliphatic carbocycles. The van der Waals surface area contributed by atoms with Gasteiger partial charge in [0, 0.05) is 36.0 Å². The van der Waals surface area contributed by atoms with E-state index in [1.54, 1.807) is 51.4 Å². The van der Waals surface area contributed by atoms with E-state index in [2.05, 4.69) is 20.7 Å². The molecular weight excluding hydrogens is 359 g/mol. The highest BCUT2D eigenvalue weighted by atomic mass is 19.1. The van der Waals surface area contributed by atoms with Crippen LogP contribution in [0.1, 0.15) is 19.5 Å². The summed E-state index contributed by atoms with van der Waals surface area (Å²) in [5.74, 6) is 0.950. The van der Waals surface area contributed by atoms with Gasteiger partial charge in [-0.3, -0.25) is 14.4 Å². The zero-order valence-corrected chi connectivity index (χ0v) is 16.0. The number of hydrogen-bond donors (Lipinski definition) is 3. The van der Waals surface area contributed by atoms with Gasteiger partial charge in [-0.15, -0.1) is 0 Å². The van der Waals surface area contributed by atoms with Gasteiger partial charge in [-0.2, -0.15) is 5.10 Å². The lowest BCUT2D eigenvalue weighted by Gasteiger charge is -2.16. The number of rotatable bonds is 5. The third-order valence-corrected chi connectivity index (χ3v) is 4.41. The molecule has 0 saturated carbocycles. The van der Waals surface area contributed by atoms with Crippen molar-refractivity contribution >= 4 is 23.4 Å². The Morgan fingerprint density at radius 1 is 1.14 bits per heavy atom. The molecule has 0 bridgehead atoms. The fourth-order valence-corrected chi connectivity index (χ4v) is 2.58. The molecule has 0 aliphatic rings. The van der Waals surface area contributed by atoms with Crippen molar-refractivity contribution in [2.45, 2.75) is 19.3 Å². The summed E-state index contributed by atoms with van der Waals surface area (Å²) in [4.78, 5) is 16.4. The van der Waals surface area contributed by atoms with Crippen LogP contribution < -0.4 is 16.4 Å². The number of benzene rings is 1. The summed E-state index contributed by atoms with van der Waals surface area (Å²) >= 11 is 0. The molecule has 0 atom stereocenters. The van der Waals surface area contributed by atoms with E-state index in [9.17, 15) is 9.18 Å². The minimum atomic E-state index is -0.707. The van der Waals surface area contributed by atoms with Crippen molar-refractivity contribution < 1.29 is 9.18 Å². The number of hydrogen-bond acceptors (Lipinski definition) is 4. The maximum absolute atomic E-state index is 13.2. The van der Waals surface area contributed by atoms with Crippen LogP contribution in [-0.4, -0.2) is 27.5 Å². The average Bonchev–Trinajstić information content (AvgIpc) is 3.04. The predicted molar refractivity (Wildman–Crippen MR) is 109 cm³/mol. The standard InChI is InChI=1S/C20H23FN6O/c1-20(2,12-21)16-10-18(27(3)26-16)25-19(28)24-15-7-4-13(5-8-15)14-6-9-17(22)23-11-14/h4-11H,12H2,1-3H3,(H2,22,23)(H2,24,25,28). The first-order valence-corrected chi connectivity index (χ1v) is 8.79. The lowest BCUT2D eigenvalue weighted by atomic mass is 9.91. The fraction of sp³-hybridized carbons (Fsp3) is 0.250. The van der Waals surface area contributed by atoms with Gasteiger partial charge in [-0.1, -0.05) is 26.0 Å². The van der Waals surface area contributed by atoms with Crippen molar-refractivity contribution in [3.05, 3.63) is 54.4 Å². The molecule has 2 heterocycles. The largest absolute Gasteiger partial charge is 0.384 e. The van der Waals surface area contributed by atoms with E-state index in [-0.39, 0.29) is 0 Å². The van der Waals surface area contributed by atoms with Gasteiger partial charge in [0.2, 0.25) is 0 Å². The van der Waals surface area contributed by atoms with E-state index in [4.69, 9.17) is 5.73 Å². The number of aromatic nitrogens is 3. The lowest BCUT2D eigenvalue weighted by molar-refractivity contribution is 0.262. The first-order chi connectivity index (χ1) is 13.3. The molecule has 0 radical (unpaired) electrons. The highest BCUT2D eigenvalue weighted by molar-refractivity contribution is 5.99. The minimum absolute atomic E-state index is 0.408. The normalized spacial score (nSPS) is 11.3. The second-order valence-corrected chi connectivity index (χ2v) is 7.18. The van der Waals surface area contributed by atoms with E-state index < -0.39 is 18.1 Å². The Morgan fingerprint density at radius 2 is 1.82 bits per heavy atom. The number of nitrogen functional groups attached to an aromatic ring is 1. The van der Waals surface area contributed by atoms with Crippen molar-refractivity contribution in [2.75, 3.05) is 23.0 Å². The molecule has 4 N–H and O–H groups in total. The molecule has 2 amide bonds. The maximum atomic E-state index is 13.2.